The van der Waals surface area contributed by atoms with Gasteiger partial charge in [-0.2, -0.15) is 0 Å². The second kappa shape index (κ2) is 5.39. The number of nitrogens with two attached hydrogens (primary N) is 1. The molecule has 0 aliphatic carbocycles. The molecular formula is C14H13NO6S. The standard InChI is InChI=1S/C14H13NO6S/c15-14(13(18)19,8-12(16)17)22(20,21)11-7-3-5-9-4-1-2-6-10(9)11/h1-7H,8,15H2,(H,16,17)(H,18,19)/t14-/m1/s1. The number of benzene rings is 2. The molecule has 22 heavy (non-hydrogen) atoms. The largest absolute Gasteiger partial charge is 0.481 e. The van der Waals surface area contributed by atoms with Gasteiger partial charge in [0.15, 0.2) is 0 Å². The maximum Gasteiger partial charge on any atom is 0.340 e. The Bertz CT molecular complexity index is 855. The highest BCUT2D eigenvalue weighted by Crippen LogP contribution is 2.30. The van der Waals surface area contributed by atoms with E-state index < -0.39 is 33.1 Å². The van der Waals surface area contributed by atoms with Crippen molar-refractivity contribution in [2.45, 2.75) is 16.2 Å². The fourth-order valence-electron chi connectivity index (χ4n) is 2.14. The summed E-state index contributed by atoms with van der Waals surface area (Å²) in [6.45, 7) is 0. The molecule has 2 aromatic carbocycles. The first-order valence-electron chi connectivity index (χ1n) is 6.16. The van der Waals surface area contributed by atoms with Crippen LogP contribution in [0.4, 0.5) is 0 Å². The molecule has 0 aliphatic heterocycles. The number of fused-ring (bicyclic) bond motifs is 1. The first-order chi connectivity index (χ1) is 10.2. The van der Waals surface area contributed by atoms with E-state index in [9.17, 15) is 23.1 Å². The van der Waals surface area contributed by atoms with Crippen LogP contribution in [-0.4, -0.2) is 35.4 Å². The Hall–Kier alpha value is -2.45. The maximum absolute atomic E-state index is 12.7. The van der Waals surface area contributed by atoms with Crippen molar-refractivity contribution >= 4 is 32.5 Å². The lowest BCUT2D eigenvalue weighted by molar-refractivity contribution is -0.146. The third kappa shape index (κ3) is 2.42. The number of aliphatic carboxylic acids is 2. The van der Waals surface area contributed by atoms with Gasteiger partial charge in [-0.25, -0.2) is 13.2 Å². The van der Waals surface area contributed by atoms with E-state index in [2.05, 4.69) is 0 Å². The SMILES string of the molecule is N[C@@](CC(=O)O)(C(=O)O)S(=O)(=O)c1cccc2ccccc12. The molecule has 0 aromatic heterocycles. The number of carboxylic acid groups (broad SMARTS) is 2. The monoisotopic (exact) mass is 323 g/mol. The average Bonchev–Trinajstić information content (AvgIpc) is 2.45. The van der Waals surface area contributed by atoms with Gasteiger partial charge < -0.3 is 15.9 Å². The molecule has 0 spiro atoms. The molecule has 7 nitrogen and oxygen atoms in total. The molecule has 2 rings (SSSR count). The molecule has 0 bridgehead atoms. The molecule has 0 radical (unpaired) electrons. The lowest BCUT2D eigenvalue weighted by atomic mass is 10.1. The molecule has 0 saturated heterocycles. The first-order valence-corrected chi connectivity index (χ1v) is 7.65. The van der Waals surface area contributed by atoms with E-state index in [0.29, 0.717) is 5.39 Å². The highest BCUT2D eigenvalue weighted by molar-refractivity contribution is 7.93. The Morgan fingerprint density at radius 3 is 2.23 bits per heavy atom. The highest BCUT2D eigenvalue weighted by atomic mass is 32.2. The van der Waals surface area contributed by atoms with Crippen molar-refractivity contribution in [1.82, 2.24) is 0 Å². The quantitative estimate of drug-likeness (QED) is 0.741. The summed E-state index contributed by atoms with van der Waals surface area (Å²) in [5.74, 6) is -3.53. The summed E-state index contributed by atoms with van der Waals surface area (Å²) < 4.78 is 25.4. The van der Waals surface area contributed by atoms with Gasteiger partial charge >= 0.3 is 11.9 Å². The van der Waals surface area contributed by atoms with Gasteiger partial charge in [-0.05, 0) is 11.5 Å². The zero-order chi connectivity index (χ0) is 16.5. The van der Waals surface area contributed by atoms with Gasteiger partial charge in [0.2, 0.25) is 14.7 Å². The predicted octanol–water partition coefficient (Wildman–Crippen LogP) is 0.828. The molecule has 0 aliphatic rings. The third-order valence-electron chi connectivity index (χ3n) is 3.29. The number of hydrogen-bond donors (Lipinski definition) is 3. The van der Waals surface area contributed by atoms with Crippen molar-refractivity contribution in [2.24, 2.45) is 5.73 Å². The van der Waals surface area contributed by atoms with E-state index in [1.54, 1.807) is 24.3 Å². The minimum atomic E-state index is -4.62. The van der Waals surface area contributed by atoms with Crippen LogP contribution in [0.3, 0.4) is 0 Å². The van der Waals surface area contributed by atoms with Crippen molar-refractivity contribution in [1.29, 1.82) is 0 Å². The highest BCUT2D eigenvalue weighted by Gasteiger charge is 2.50. The van der Waals surface area contributed by atoms with Crippen molar-refractivity contribution in [3.63, 3.8) is 0 Å². The minimum absolute atomic E-state index is 0.284. The lowest BCUT2D eigenvalue weighted by Gasteiger charge is -2.23. The smallest absolute Gasteiger partial charge is 0.340 e. The van der Waals surface area contributed by atoms with Crippen LogP contribution in [0.5, 0.6) is 0 Å². The molecule has 4 N–H and O–H groups in total. The maximum atomic E-state index is 12.7. The Balaban J connectivity index is 2.76. The topological polar surface area (TPSA) is 135 Å². The summed E-state index contributed by atoms with van der Waals surface area (Å²) in [4.78, 5) is 18.9. The molecule has 0 amide bonds. The molecule has 0 unspecified atom stereocenters. The molecule has 0 saturated carbocycles. The number of carbonyl (C=O) groups is 2. The average molecular weight is 323 g/mol. The number of sulfone groups is 1. The van der Waals surface area contributed by atoms with Gasteiger partial charge in [0.1, 0.15) is 0 Å². The zero-order valence-corrected chi connectivity index (χ0v) is 12.1. The fourth-order valence-corrected chi connectivity index (χ4v) is 3.81. The van der Waals surface area contributed by atoms with E-state index in [-0.39, 0.29) is 10.3 Å². The van der Waals surface area contributed by atoms with Crippen molar-refractivity contribution in [3.05, 3.63) is 42.5 Å². The third-order valence-corrected chi connectivity index (χ3v) is 5.51. The lowest BCUT2D eigenvalue weighted by Crippen LogP contribution is -2.56. The van der Waals surface area contributed by atoms with Gasteiger partial charge in [-0.1, -0.05) is 36.4 Å². The van der Waals surface area contributed by atoms with Crippen LogP contribution in [-0.2, 0) is 19.4 Å². The van der Waals surface area contributed by atoms with Crippen LogP contribution in [0, 0.1) is 0 Å². The molecular weight excluding hydrogens is 310 g/mol. The van der Waals surface area contributed by atoms with E-state index in [0.717, 1.165) is 0 Å². The first kappa shape index (κ1) is 15.9. The second-order valence-corrected chi connectivity index (χ2v) is 6.92. The molecule has 116 valence electrons. The molecule has 0 heterocycles. The summed E-state index contributed by atoms with van der Waals surface area (Å²) in [7, 11) is -4.62. The Kier molecular flexibility index (Phi) is 3.90. The number of rotatable bonds is 5. The summed E-state index contributed by atoms with van der Waals surface area (Å²) in [5, 5.41) is 18.9. The van der Waals surface area contributed by atoms with Crippen LogP contribution in [0.25, 0.3) is 10.8 Å². The van der Waals surface area contributed by atoms with Gasteiger partial charge in [0.25, 0.3) is 0 Å². The van der Waals surface area contributed by atoms with E-state index in [1.807, 2.05) is 0 Å². The van der Waals surface area contributed by atoms with Gasteiger partial charge in [-0.3, -0.25) is 4.79 Å². The summed E-state index contributed by atoms with van der Waals surface area (Å²) >= 11 is 0. The van der Waals surface area contributed by atoms with Crippen LogP contribution < -0.4 is 5.73 Å². The molecule has 2 aromatic rings. The van der Waals surface area contributed by atoms with Crippen molar-refractivity contribution < 1.29 is 28.2 Å². The number of carboxylic acids is 2. The molecule has 0 fully saturated rings. The van der Waals surface area contributed by atoms with Gasteiger partial charge in [0.05, 0.1) is 11.3 Å². The van der Waals surface area contributed by atoms with Crippen LogP contribution in [0.1, 0.15) is 6.42 Å². The summed E-state index contributed by atoms with van der Waals surface area (Å²) in [5.41, 5.74) is 5.47. The minimum Gasteiger partial charge on any atom is -0.481 e. The Morgan fingerprint density at radius 2 is 1.64 bits per heavy atom. The van der Waals surface area contributed by atoms with Crippen LogP contribution in [0.2, 0.25) is 0 Å². The van der Waals surface area contributed by atoms with Gasteiger partial charge in [0, 0.05) is 5.39 Å². The predicted molar refractivity (Wildman–Crippen MR) is 77.9 cm³/mol. The van der Waals surface area contributed by atoms with Crippen molar-refractivity contribution in [2.75, 3.05) is 0 Å². The Labute approximate surface area is 125 Å². The second-order valence-electron chi connectivity index (χ2n) is 4.75. The van der Waals surface area contributed by atoms with Gasteiger partial charge in [-0.15, -0.1) is 0 Å². The van der Waals surface area contributed by atoms with Crippen LogP contribution in [0.15, 0.2) is 47.4 Å². The van der Waals surface area contributed by atoms with E-state index >= 15 is 0 Å². The number of hydrogen-bond acceptors (Lipinski definition) is 5. The van der Waals surface area contributed by atoms with E-state index in [4.69, 9.17) is 10.8 Å². The molecule has 8 heteroatoms. The summed E-state index contributed by atoms with van der Waals surface area (Å²) in [6, 6.07) is 10.8. The van der Waals surface area contributed by atoms with E-state index in [1.165, 1.54) is 18.2 Å². The van der Waals surface area contributed by atoms with Crippen LogP contribution >= 0.6 is 0 Å². The summed E-state index contributed by atoms with van der Waals surface area (Å²) in [6.07, 6.45) is -1.24. The fraction of sp³-hybridized carbons (Fsp3) is 0.143. The van der Waals surface area contributed by atoms with Crippen molar-refractivity contribution in [3.8, 4) is 0 Å². The zero-order valence-electron chi connectivity index (χ0n) is 11.3. The Morgan fingerprint density at radius 1 is 1.05 bits per heavy atom. The normalized spacial score (nSPS) is 14.4. The molecule has 1 atom stereocenters.